The summed E-state index contributed by atoms with van der Waals surface area (Å²) in [7, 11) is 0. The van der Waals surface area contributed by atoms with E-state index in [-0.39, 0.29) is 15.7 Å². The van der Waals surface area contributed by atoms with Crippen molar-refractivity contribution in [2.45, 2.75) is 6.54 Å². The molecule has 0 amide bonds. The van der Waals surface area contributed by atoms with Crippen LogP contribution in [0.4, 0.5) is 11.4 Å². The van der Waals surface area contributed by atoms with E-state index >= 15 is 0 Å². The van der Waals surface area contributed by atoms with Crippen LogP contribution in [0, 0.1) is 10.1 Å². The highest BCUT2D eigenvalue weighted by Gasteiger charge is 2.14. The fourth-order valence-corrected chi connectivity index (χ4v) is 2.50. The summed E-state index contributed by atoms with van der Waals surface area (Å²) < 4.78 is 0. The van der Waals surface area contributed by atoms with Crippen LogP contribution in [0.15, 0.2) is 23.7 Å². The van der Waals surface area contributed by atoms with Gasteiger partial charge in [-0.3, -0.25) is 10.1 Å². The molecule has 0 radical (unpaired) electrons. The quantitative estimate of drug-likeness (QED) is 0.685. The third-order valence-electron chi connectivity index (χ3n) is 2.14. The van der Waals surface area contributed by atoms with Gasteiger partial charge in [-0.05, 0) is 0 Å². The molecule has 1 aromatic heterocycles. The van der Waals surface area contributed by atoms with Crippen LogP contribution in [0.5, 0.6) is 0 Å². The number of nitro benzene ring substituents is 1. The molecule has 1 heterocycles. The van der Waals surface area contributed by atoms with Gasteiger partial charge in [0.1, 0.15) is 5.01 Å². The van der Waals surface area contributed by atoms with Crippen molar-refractivity contribution in [2.75, 3.05) is 5.32 Å². The molecule has 0 unspecified atom stereocenters. The van der Waals surface area contributed by atoms with Crippen LogP contribution in [0.25, 0.3) is 0 Å². The molecule has 0 bridgehead atoms. The number of benzene rings is 1. The van der Waals surface area contributed by atoms with E-state index in [1.807, 2.05) is 5.38 Å². The summed E-state index contributed by atoms with van der Waals surface area (Å²) in [4.78, 5) is 14.2. The van der Waals surface area contributed by atoms with Crippen molar-refractivity contribution in [3.8, 4) is 0 Å². The maximum atomic E-state index is 10.6. The van der Waals surface area contributed by atoms with Gasteiger partial charge >= 0.3 is 0 Å². The molecular formula is C10H7Cl2N3O2S. The van der Waals surface area contributed by atoms with E-state index in [0.29, 0.717) is 12.2 Å². The van der Waals surface area contributed by atoms with Crippen LogP contribution in [0.3, 0.4) is 0 Å². The number of non-ortho nitro benzene ring substituents is 1. The molecule has 0 aliphatic heterocycles. The van der Waals surface area contributed by atoms with Crippen LogP contribution in [-0.2, 0) is 6.54 Å². The minimum absolute atomic E-state index is 0.134. The van der Waals surface area contributed by atoms with E-state index in [9.17, 15) is 10.1 Å². The topological polar surface area (TPSA) is 68.1 Å². The fourth-order valence-electron chi connectivity index (χ4n) is 1.34. The summed E-state index contributed by atoms with van der Waals surface area (Å²) in [5.41, 5.74) is 0.337. The van der Waals surface area contributed by atoms with Crippen molar-refractivity contribution >= 4 is 45.9 Å². The summed E-state index contributed by atoms with van der Waals surface area (Å²) >= 11 is 13.4. The minimum atomic E-state index is -0.539. The standard InChI is InChI=1S/C10H7Cl2N3O2S/c11-7-3-6(15(16)17)4-8(12)10(7)14-5-9-13-1-2-18-9/h1-4,14H,5H2. The predicted octanol–water partition coefficient (Wildman–Crippen LogP) is 3.97. The Balaban J connectivity index is 2.20. The lowest BCUT2D eigenvalue weighted by molar-refractivity contribution is -0.384. The summed E-state index contributed by atoms with van der Waals surface area (Å²) in [5.74, 6) is 0. The highest BCUT2D eigenvalue weighted by atomic mass is 35.5. The van der Waals surface area contributed by atoms with Gasteiger partial charge in [-0.15, -0.1) is 11.3 Å². The molecule has 0 atom stereocenters. The van der Waals surface area contributed by atoms with Crippen molar-refractivity contribution in [1.29, 1.82) is 0 Å². The van der Waals surface area contributed by atoms with Gasteiger partial charge in [0.25, 0.3) is 5.69 Å². The number of hydrogen-bond acceptors (Lipinski definition) is 5. The number of nitrogens with one attached hydrogen (secondary N) is 1. The first-order valence-corrected chi connectivity index (χ1v) is 6.47. The van der Waals surface area contributed by atoms with Crippen molar-refractivity contribution in [3.63, 3.8) is 0 Å². The maximum absolute atomic E-state index is 10.6. The van der Waals surface area contributed by atoms with Gasteiger partial charge in [0.2, 0.25) is 0 Å². The second kappa shape index (κ2) is 5.51. The normalized spacial score (nSPS) is 10.3. The Hall–Kier alpha value is -1.37. The van der Waals surface area contributed by atoms with E-state index in [1.54, 1.807) is 6.20 Å². The monoisotopic (exact) mass is 303 g/mol. The predicted molar refractivity (Wildman–Crippen MR) is 72.6 cm³/mol. The van der Waals surface area contributed by atoms with Crippen molar-refractivity contribution in [2.24, 2.45) is 0 Å². The number of hydrogen-bond donors (Lipinski definition) is 1. The molecule has 0 fully saturated rings. The molecule has 8 heteroatoms. The molecule has 0 aliphatic carbocycles. The summed E-state index contributed by atoms with van der Waals surface area (Å²) in [5, 5.41) is 16.8. The third kappa shape index (κ3) is 2.90. The van der Waals surface area contributed by atoms with E-state index in [2.05, 4.69) is 10.3 Å². The lowest BCUT2D eigenvalue weighted by Crippen LogP contribution is -2.01. The Morgan fingerprint density at radius 3 is 2.56 bits per heavy atom. The number of anilines is 1. The van der Waals surface area contributed by atoms with Crippen LogP contribution < -0.4 is 5.32 Å². The van der Waals surface area contributed by atoms with E-state index < -0.39 is 4.92 Å². The molecular weight excluding hydrogens is 297 g/mol. The number of halogens is 2. The van der Waals surface area contributed by atoms with Gasteiger partial charge in [-0.2, -0.15) is 0 Å². The zero-order chi connectivity index (χ0) is 13.1. The lowest BCUT2D eigenvalue weighted by atomic mass is 10.3. The molecule has 2 aromatic rings. The number of aromatic nitrogens is 1. The zero-order valence-electron chi connectivity index (χ0n) is 8.89. The maximum Gasteiger partial charge on any atom is 0.272 e. The first kappa shape index (κ1) is 13.1. The molecule has 18 heavy (non-hydrogen) atoms. The van der Waals surface area contributed by atoms with E-state index in [0.717, 1.165) is 5.01 Å². The first-order chi connectivity index (χ1) is 8.58. The Morgan fingerprint density at radius 1 is 1.39 bits per heavy atom. The van der Waals surface area contributed by atoms with E-state index in [4.69, 9.17) is 23.2 Å². The van der Waals surface area contributed by atoms with Gasteiger partial charge in [0.15, 0.2) is 0 Å². The Bertz CT molecular complexity index is 552. The molecule has 0 aliphatic rings. The Labute approximate surface area is 117 Å². The molecule has 2 rings (SSSR count). The Kier molecular flexibility index (Phi) is 4.00. The minimum Gasteiger partial charge on any atom is -0.376 e. The average molecular weight is 304 g/mol. The van der Waals surface area contributed by atoms with Crippen molar-refractivity contribution < 1.29 is 4.92 Å². The van der Waals surface area contributed by atoms with Gasteiger partial charge in [0, 0.05) is 23.7 Å². The van der Waals surface area contributed by atoms with Gasteiger partial charge in [-0.1, -0.05) is 23.2 Å². The summed E-state index contributed by atoms with van der Waals surface area (Å²) in [6.07, 6.45) is 1.70. The van der Waals surface area contributed by atoms with Crippen LogP contribution in [0.1, 0.15) is 5.01 Å². The van der Waals surface area contributed by atoms with Gasteiger partial charge in [-0.25, -0.2) is 4.98 Å². The largest absolute Gasteiger partial charge is 0.376 e. The molecule has 0 spiro atoms. The number of nitro groups is 1. The highest BCUT2D eigenvalue weighted by Crippen LogP contribution is 2.34. The lowest BCUT2D eigenvalue weighted by Gasteiger charge is -2.08. The van der Waals surface area contributed by atoms with E-state index in [1.165, 1.54) is 23.5 Å². The smallest absolute Gasteiger partial charge is 0.272 e. The summed E-state index contributed by atoms with van der Waals surface area (Å²) in [6, 6.07) is 2.52. The van der Waals surface area contributed by atoms with Crippen LogP contribution in [-0.4, -0.2) is 9.91 Å². The van der Waals surface area contributed by atoms with Crippen LogP contribution in [0.2, 0.25) is 10.0 Å². The molecule has 1 aromatic carbocycles. The average Bonchev–Trinajstić information content (AvgIpc) is 2.80. The molecule has 94 valence electrons. The second-order valence-corrected chi connectivity index (χ2v) is 5.11. The Morgan fingerprint density at radius 2 is 2.06 bits per heavy atom. The molecule has 1 N–H and O–H groups in total. The zero-order valence-corrected chi connectivity index (χ0v) is 11.2. The third-order valence-corrected chi connectivity index (χ3v) is 3.51. The van der Waals surface area contributed by atoms with Gasteiger partial charge < -0.3 is 5.32 Å². The number of thiazole rings is 1. The number of nitrogens with zero attached hydrogens (tertiary/aromatic N) is 2. The fraction of sp³-hybridized carbons (Fsp3) is 0.100. The van der Waals surface area contributed by atoms with Crippen LogP contribution >= 0.6 is 34.5 Å². The second-order valence-electron chi connectivity index (χ2n) is 3.32. The molecule has 0 saturated heterocycles. The summed E-state index contributed by atoms with van der Waals surface area (Å²) in [6.45, 7) is 0.467. The SMILES string of the molecule is O=[N+]([O-])c1cc(Cl)c(NCc2nccs2)c(Cl)c1. The number of rotatable bonds is 4. The van der Waals surface area contributed by atoms with Crippen molar-refractivity contribution in [1.82, 2.24) is 4.98 Å². The first-order valence-electron chi connectivity index (χ1n) is 4.83. The van der Waals surface area contributed by atoms with Crippen molar-refractivity contribution in [3.05, 3.63) is 48.9 Å². The van der Waals surface area contributed by atoms with Gasteiger partial charge in [0.05, 0.1) is 27.2 Å². The molecule has 5 nitrogen and oxygen atoms in total. The highest BCUT2D eigenvalue weighted by molar-refractivity contribution is 7.09. The molecule has 0 saturated carbocycles.